The average molecular weight is 276 g/mol. The van der Waals surface area contributed by atoms with E-state index in [9.17, 15) is 14.4 Å². The lowest BCUT2D eigenvalue weighted by Gasteiger charge is -2.18. The molecule has 106 valence electrons. The van der Waals surface area contributed by atoms with Crippen molar-refractivity contribution in [3.05, 3.63) is 29.3 Å². The minimum absolute atomic E-state index is 0.242. The second-order valence-corrected chi connectivity index (χ2v) is 4.51. The summed E-state index contributed by atoms with van der Waals surface area (Å²) in [6, 6.07) is 4.84. The third kappa shape index (κ3) is 3.47. The molecular weight excluding hydrogens is 260 g/mol. The molecule has 20 heavy (non-hydrogen) atoms. The van der Waals surface area contributed by atoms with E-state index in [1.54, 1.807) is 18.2 Å². The summed E-state index contributed by atoms with van der Waals surface area (Å²) in [5.74, 6) is -0.631. The molecule has 0 unspecified atom stereocenters. The van der Waals surface area contributed by atoms with Crippen LogP contribution < -0.4 is 21.7 Å². The molecule has 0 fully saturated rings. The zero-order valence-electron chi connectivity index (χ0n) is 10.9. The molecule has 1 heterocycles. The van der Waals surface area contributed by atoms with Crippen molar-refractivity contribution >= 4 is 23.5 Å². The van der Waals surface area contributed by atoms with Gasteiger partial charge in [0.05, 0.1) is 0 Å². The quantitative estimate of drug-likeness (QED) is 0.581. The average Bonchev–Trinajstić information content (AvgIpc) is 2.42. The maximum atomic E-state index is 11.9. The van der Waals surface area contributed by atoms with Crippen molar-refractivity contribution in [2.75, 3.05) is 11.9 Å². The monoisotopic (exact) mass is 276 g/mol. The minimum atomic E-state index is -0.386. The van der Waals surface area contributed by atoms with Gasteiger partial charge < -0.3 is 21.7 Å². The Bertz CT molecular complexity index is 557. The summed E-state index contributed by atoms with van der Waals surface area (Å²) in [6.45, 7) is 0.828. The lowest BCUT2D eigenvalue weighted by molar-refractivity contribution is -0.118. The van der Waals surface area contributed by atoms with Gasteiger partial charge in [-0.25, -0.2) is 4.79 Å². The number of carbonyl (C=O) groups excluding carboxylic acids is 3. The number of anilines is 1. The molecule has 0 radical (unpaired) electrons. The number of nitrogens with two attached hydrogens (primary N) is 1. The Kier molecular flexibility index (Phi) is 4.19. The van der Waals surface area contributed by atoms with Gasteiger partial charge in [-0.3, -0.25) is 9.59 Å². The highest BCUT2D eigenvalue weighted by Crippen LogP contribution is 2.20. The number of carbonyl (C=O) groups is 3. The molecule has 7 nitrogen and oxygen atoms in total. The van der Waals surface area contributed by atoms with E-state index >= 15 is 0 Å². The van der Waals surface area contributed by atoms with Crippen LogP contribution in [0.15, 0.2) is 18.2 Å². The third-order valence-corrected chi connectivity index (χ3v) is 2.95. The Morgan fingerprint density at radius 3 is 2.90 bits per heavy atom. The van der Waals surface area contributed by atoms with Crippen molar-refractivity contribution in [2.24, 2.45) is 5.73 Å². The predicted octanol–water partition coefficient (Wildman–Crippen LogP) is 0.317. The number of benzene rings is 1. The number of primary amides is 1. The first-order valence-electron chi connectivity index (χ1n) is 6.30. The van der Waals surface area contributed by atoms with Crippen molar-refractivity contribution in [3.63, 3.8) is 0 Å². The number of amides is 4. The van der Waals surface area contributed by atoms with Crippen LogP contribution in [0.25, 0.3) is 0 Å². The zero-order valence-corrected chi connectivity index (χ0v) is 10.9. The number of hydrogen-bond acceptors (Lipinski definition) is 3. The van der Waals surface area contributed by atoms with E-state index in [1.807, 2.05) is 0 Å². The van der Waals surface area contributed by atoms with Crippen LogP contribution in [0, 0.1) is 0 Å². The van der Waals surface area contributed by atoms with E-state index in [2.05, 4.69) is 16.0 Å². The third-order valence-electron chi connectivity index (χ3n) is 2.95. The van der Waals surface area contributed by atoms with Gasteiger partial charge in [0.15, 0.2) is 0 Å². The first-order valence-corrected chi connectivity index (χ1v) is 6.30. The summed E-state index contributed by atoms with van der Waals surface area (Å²) in [5, 5.41) is 7.99. The first kappa shape index (κ1) is 13.9. The maximum Gasteiger partial charge on any atom is 0.319 e. The molecule has 1 aromatic carbocycles. The predicted molar refractivity (Wildman–Crippen MR) is 73.1 cm³/mol. The molecule has 1 aliphatic rings. The molecule has 0 saturated carbocycles. The van der Waals surface area contributed by atoms with Gasteiger partial charge in [0, 0.05) is 30.8 Å². The molecular formula is C13H16N4O3. The topological polar surface area (TPSA) is 113 Å². The van der Waals surface area contributed by atoms with Gasteiger partial charge in [-0.2, -0.15) is 0 Å². The van der Waals surface area contributed by atoms with Crippen molar-refractivity contribution in [3.8, 4) is 0 Å². The van der Waals surface area contributed by atoms with E-state index in [0.717, 1.165) is 5.56 Å². The maximum absolute atomic E-state index is 11.9. The van der Waals surface area contributed by atoms with Gasteiger partial charge in [-0.1, -0.05) is 6.07 Å². The molecule has 0 bridgehead atoms. The summed E-state index contributed by atoms with van der Waals surface area (Å²) in [6.07, 6.45) is 0.749. The van der Waals surface area contributed by atoms with Crippen LogP contribution in [-0.2, 0) is 11.3 Å². The highest BCUT2D eigenvalue weighted by atomic mass is 16.2. The van der Waals surface area contributed by atoms with E-state index in [4.69, 9.17) is 5.73 Å². The van der Waals surface area contributed by atoms with Crippen LogP contribution in [0.2, 0.25) is 0 Å². The Morgan fingerprint density at radius 1 is 1.35 bits per heavy atom. The molecule has 0 spiro atoms. The van der Waals surface area contributed by atoms with Crippen molar-refractivity contribution in [1.29, 1.82) is 0 Å². The fraction of sp³-hybridized carbons (Fsp3) is 0.308. The van der Waals surface area contributed by atoms with Crippen LogP contribution in [0.3, 0.4) is 0 Å². The standard InChI is InChI=1S/C13H16N4O3/c14-11(18)2-1-5-15-12(19)8-3-4-9-7-16-13(20)17-10(9)6-8/h3-4,6H,1-2,5,7H2,(H2,14,18)(H,15,19)(H2,16,17,20). The van der Waals surface area contributed by atoms with Crippen LogP contribution in [0.5, 0.6) is 0 Å². The Labute approximate surface area is 115 Å². The number of fused-ring (bicyclic) bond motifs is 1. The van der Waals surface area contributed by atoms with E-state index in [0.29, 0.717) is 30.8 Å². The van der Waals surface area contributed by atoms with Crippen molar-refractivity contribution in [1.82, 2.24) is 10.6 Å². The van der Waals surface area contributed by atoms with Crippen LogP contribution in [0.4, 0.5) is 10.5 Å². The summed E-state index contributed by atoms with van der Waals surface area (Å²) in [7, 11) is 0. The van der Waals surface area contributed by atoms with E-state index in [1.165, 1.54) is 0 Å². The fourth-order valence-electron chi connectivity index (χ4n) is 1.90. The molecule has 0 saturated heterocycles. The first-order chi connectivity index (χ1) is 9.56. The number of urea groups is 1. The Balaban J connectivity index is 1.95. The van der Waals surface area contributed by atoms with Crippen LogP contribution in [0.1, 0.15) is 28.8 Å². The summed E-state index contributed by atoms with van der Waals surface area (Å²) in [5.41, 5.74) is 7.04. The molecule has 0 atom stereocenters. The molecule has 5 N–H and O–H groups in total. The number of nitrogens with one attached hydrogen (secondary N) is 3. The summed E-state index contributed by atoms with van der Waals surface area (Å²) >= 11 is 0. The minimum Gasteiger partial charge on any atom is -0.370 e. The second-order valence-electron chi connectivity index (χ2n) is 4.51. The smallest absolute Gasteiger partial charge is 0.319 e. The lowest BCUT2D eigenvalue weighted by Crippen LogP contribution is -2.33. The van der Waals surface area contributed by atoms with E-state index < -0.39 is 0 Å². The van der Waals surface area contributed by atoms with Crippen molar-refractivity contribution < 1.29 is 14.4 Å². The number of hydrogen-bond donors (Lipinski definition) is 4. The highest BCUT2D eigenvalue weighted by Gasteiger charge is 2.15. The molecule has 7 heteroatoms. The normalized spacial score (nSPS) is 12.9. The molecule has 4 amide bonds. The SMILES string of the molecule is NC(=O)CCCNC(=O)c1ccc2c(c1)NC(=O)NC2. The van der Waals surface area contributed by atoms with Gasteiger partial charge in [0.25, 0.3) is 5.91 Å². The molecule has 0 aliphatic carbocycles. The number of rotatable bonds is 5. The largest absolute Gasteiger partial charge is 0.370 e. The lowest BCUT2D eigenvalue weighted by atomic mass is 10.1. The highest BCUT2D eigenvalue weighted by molar-refractivity contribution is 5.98. The van der Waals surface area contributed by atoms with Gasteiger partial charge in [0.1, 0.15) is 0 Å². The second kappa shape index (κ2) is 6.05. The molecule has 1 aromatic rings. The van der Waals surface area contributed by atoms with Gasteiger partial charge in [-0.05, 0) is 24.1 Å². The van der Waals surface area contributed by atoms with Gasteiger partial charge in [-0.15, -0.1) is 0 Å². The summed E-state index contributed by atoms with van der Waals surface area (Å²) < 4.78 is 0. The van der Waals surface area contributed by atoms with E-state index in [-0.39, 0.29) is 24.3 Å². The van der Waals surface area contributed by atoms with Gasteiger partial charge in [0.2, 0.25) is 5.91 Å². The molecule has 2 rings (SSSR count). The van der Waals surface area contributed by atoms with Crippen molar-refractivity contribution in [2.45, 2.75) is 19.4 Å². The summed E-state index contributed by atoms with van der Waals surface area (Å²) in [4.78, 5) is 33.7. The van der Waals surface area contributed by atoms with Crippen LogP contribution in [-0.4, -0.2) is 24.4 Å². The molecule has 1 aliphatic heterocycles. The fourth-order valence-corrected chi connectivity index (χ4v) is 1.90. The zero-order chi connectivity index (χ0) is 14.5. The van der Waals surface area contributed by atoms with Gasteiger partial charge >= 0.3 is 6.03 Å². The Morgan fingerprint density at radius 2 is 2.15 bits per heavy atom. The van der Waals surface area contributed by atoms with Crippen LogP contribution >= 0.6 is 0 Å². The molecule has 0 aromatic heterocycles. The Hall–Kier alpha value is -2.57.